The molecule has 5 rings (SSSR count). The molecule has 1 aromatic heterocycles. The fourth-order valence-electron chi connectivity index (χ4n) is 4.62. The van der Waals surface area contributed by atoms with Crippen molar-refractivity contribution in [3.05, 3.63) is 92.0 Å². The first-order valence-corrected chi connectivity index (χ1v) is 12.4. The molecule has 0 amide bonds. The van der Waals surface area contributed by atoms with E-state index in [1.54, 1.807) is 24.3 Å². The maximum atomic E-state index is 11.2. The van der Waals surface area contributed by atoms with E-state index in [-0.39, 0.29) is 16.7 Å². The standard InChI is InChI=1S/C26H25ClN4O8/c27-17-6-5-15(26-25(35)24(34)23(33)20(12-32)38-26)10-16(17)9-13-1-3-14(4-2-13)11-28-18-7-8-19(31(36)37)22-21(18)29-39-30-22/h1-8,10,20,23-26,28,32-35H,9,11-12H2/t20-,23-,24+,25-,26+/m1/s1. The minimum atomic E-state index is -1.47. The lowest BCUT2D eigenvalue weighted by Gasteiger charge is -2.40. The molecule has 0 bridgehead atoms. The molecule has 39 heavy (non-hydrogen) atoms. The highest BCUT2D eigenvalue weighted by Gasteiger charge is 2.44. The van der Waals surface area contributed by atoms with Gasteiger partial charge < -0.3 is 30.5 Å². The Kier molecular flexibility index (Phi) is 7.75. The van der Waals surface area contributed by atoms with Crippen LogP contribution in [0.4, 0.5) is 11.4 Å². The average molecular weight is 557 g/mol. The van der Waals surface area contributed by atoms with Crippen molar-refractivity contribution in [3.8, 4) is 0 Å². The van der Waals surface area contributed by atoms with Crippen LogP contribution in [0.3, 0.4) is 0 Å². The molecule has 12 nitrogen and oxygen atoms in total. The topological polar surface area (TPSA) is 184 Å². The lowest BCUT2D eigenvalue weighted by molar-refractivity contribution is -0.383. The van der Waals surface area contributed by atoms with Crippen molar-refractivity contribution in [1.82, 2.24) is 10.3 Å². The van der Waals surface area contributed by atoms with Crippen LogP contribution in [0.25, 0.3) is 11.0 Å². The number of nitro groups is 1. The number of fused-ring (bicyclic) bond motifs is 1. The van der Waals surface area contributed by atoms with Gasteiger partial charge in [-0.05, 0) is 51.1 Å². The van der Waals surface area contributed by atoms with E-state index in [4.69, 9.17) is 21.0 Å². The van der Waals surface area contributed by atoms with Gasteiger partial charge in [0.05, 0.1) is 17.2 Å². The van der Waals surface area contributed by atoms with E-state index in [0.717, 1.165) is 16.7 Å². The number of nitrogens with one attached hydrogen (secondary N) is 1. The van der Waals surface area contributed by atoms with Gasteiger partial charge >= 0.3 is 5.69 Å². The second-order valence-corrected chi connectivity index (χ2v) is 9.71. The molecule has 0 radical (unpaired) electrons. The highest BCUT2D eigenvalue weighted by atomic mass is 35.5. The van der Waals surface area contributed by atoms with E-state index in [9.17, 15) is 30.5 Å². The second kappa shape index (κ2) is 11.2. The van der Waals surface area contributed by atoms with Gasteiger partial charge in [0.1, 0.15) is 30.5 Å². The molecule has 1 aliphatic rings. The fraction of sp³-hybridized carbons (Fsp3) is 0.308. The number of nitrogens with zero attached hydrogens (tertiary/aromatic N) is 3. The van der Waals surface area contributed by atoms with Crippen LogP contribution in [0.1, 0.15) is 28.4 Å². The third-order valence-electron chi connectivity index (χ3n) is 6.78. The number of nitro benzene ring substituents is 1. The number of non-ortho nitro benzene ring substituents is 1. The van der Waals surface area contributed by atoms with Crippen molar-refractivity contribution < 1.29 is 34.7 Å². The van der Waals surface area contributed by atoms with Gasteiger partial charge in [-0.25, -0.2) is 4.63 Å². The molecule has 1 aliphatic heterocycles. The molecule has 204 valence electrons. The Morgan fingerprint density at radius 2 is 1.67 bits per heavy atom. The number of aromatic nitrogens is 2. The highest BCUT2D eigenvalue weighted by molar-refractivity contribution is 6.31. The maximum absolute atomic E-state index is 11.2. The Hall–Kier alpha value is -3.65. The largest absolute Gasteiger partial charge is 0.394 e. The first-order valence-electron chi connectivity index (χ1n) is 12.1. The number of anilines is 1. The van der Waals surface area contributed by atoms with Crippen molar-refractivity contribution in [2.24, 2.45) is 0 Å². The van der Waals surface area contributed by atoms with Crippen LogP contribution >= 0.6 is 11.6 Å². The van der Waals surface area contributed by atoms with E-state index in [1.165, 1.54) is 6.07 Å². The van der Waals surface area contributed by atoms with Gasteiger partial charge in [-0.1, -0.05) is 48.0 Å². The van der Waals surface area contributed by atoms with Gasteiger partial charge in [0.15, 0.2) is 5.52 Å². The summed E-state index contributed by atoms with van der Waals surface area (Å²) in [5, 5.41) is 62.4. The van der Waals surface area contributed by atoms with E-state index < -0.39 is 42.1 Å². The minimum Gasteiger partial charge on any atom is -0.394 e. The van der Waals surface area contributed by atoms with Crippen LogP contribution in [-0.4, -0.2) is 66.7 Å². The van der Waals surface area contributed by atoms with E-state index in [1.807, 2.05) is 24.3 Å². The summed E-state index contributed by atoms with van der Waals surface area (Å²) in [5.74, 6) is 0. The van der Waals surface area contributed by atoms with E-state index >= 15 is 0 Å². The van der Waals surface area contributed by atoms with Gasteiger partial charge in [-0.15, -0.1) is 0 Å². The van der Waals surface area contributed by atoms with Crippen molar-refractivity contribution >= 4 is 34.0 Å². The number of ether oxygens (including phenoxy) is 1. The number of aliphatic hydroxyl groups is 4. The smallest absolute Gasteiger partial charge is 0.300 e. The zero-order chi connectivity index (χ0) is 27.7. The molecule has 3 aromatic carbocycles. The van der Waals surface area contributed by atoms with Crippen LogP contribution in [0.5, 0.6) is 0 Å². The molecule has 4 aromatic rings. The van der Waals surface area contributed by atoms with Crippen molar-refractivity contribution in [2.75, 3.05) is 11.9 Å². The van der Waals surface area contributed by atoms with Crippen LogP contribution in [0.15, 0.2) is 59.2 Å². The van der Waals surface area contributed by atoms with Gasteiger partial charge in [-0.3, -0.25) is 10.1 Å². The SMILES string of the molecule is O=[N+]([O-])c1ccc(NCc2ccc(Cc3cc([C@@H]4O[C@H](CO)[C@@H](O)[C@H](O)[C@H]4O)ccc3Cl)cc2)c2nonc12. The third kappa shape index (κ3) is 5.43. The summed E-state index contributed by atoms with van der Waals surface area (Å²) in [6.45, 7) is -0.0823. The summed E-state index contributed by atoms with van der Waals surface area (Å²) >= 11 is 6.44. The summed E-state index contributed by atoms with van der Waals surface area (Å²) in [6.07, 6.45) is -5.75. The molecule has 5 N–H and O–H groups in total. The van der Waals surface area contributed by atoms with Crippen LogP contribution < -0.4 is 5.32 Å². The molecule has 0 aliphatic carbocycles. The number of hydrogen-bond donors (Lipinski definition) is 5. The maximum Gasteiger partial charge on any atom is 0.300 e. The van der Waals surface area contributed by atoms with Gasteiger partial charge in [0.2, 0.25) is 5.52 Å². The number of rotatable bonds is 8. The monoisotopic (exact) mass is 556 g/mol. The minimum absolute atomic E-state index is 0.0724. The van der Waals surface area contributed by atoms with Crippen molar-refractivity contribution in [2.45, 2.75) is 43.5 Å². The molecule has 0 saturated carbocycles. The third-order valence-corrected chi connectivity index (χ3v) is 7.15. The highest BCUT2D eigenvalue weighted by Crippen LogP contribution is 2.34. The van der Waals surface area contributed by atoms with Crippen LogP contribution in [0, 0.1) is 10.1 Å². The Labute approximate surface area is 226 Å². The fourth-order valence-corrected chi connectivity index (χ4v) is 4.80. The lowest BCUT2D eigenvalue weighted by Crippen LogP contribution is -2.55. The van der Waals surface area contributed by atoms with Crippen molar-refractivity contribution in [3.63, 3.8) is 0 Å². The summed E-state index contributed by atoms with van der Waals surface area (Å²) in [6, 6.07) is 15.8. The average Bonchev–Trinajstić information content (AvgIpc) is 3.43. The van der Waals surface area contributed by atoms with Crippen molar-refractivity contribution in [1.29, 1.82) is 0 Å². The molecule has 1 fully saturated rings. The summed E-state index contributed by atoms with van der Waals surface area (Å²) < 4.78 is 10.4. The zero-order valence-corrected chi connectivity index (χ0v) is 21.1. The number of halogens is 1. The zero-order valence-electron chi connectivity index (χ0n) is 20.3. The number of aliphatic hydroxyl groups excluding tert-OH is 4. The van der Waals surface area contributed by atoms with Gasteiger partial charge in [0.25, 0.3) is 0 Å². The molecule has 0 unspecified atom stereocenters. The normalized spacial score (nSPS) is 23.2. The first kappa shape index (κ1) is 26.9. The molecule has 2 heterocycles. The Morgan fingerprint density at radius 3 is 2.38 bits per heavy atom. The molecular weight excluding hydrogens is 532 g/mol. The molecule has 5 atom stereocenters. The Bertz CT molecular complexity index is 1480. The Morgan fingerprint density at radius 1 is 0.949 bits per heavy atom. The first-order chi connectivity index (χ1) is 18.8. The lowest BCUT2D eigenvalue weighted by atomic mass is 9.90. The summed E-state index contributed by atoms with van der Waals surface area (Å²) in [5.41, 5.74) is 3.95. The summed E-state index contributed by atoms with van der Waals surface area (Å²) in [4.78, 5) is 10.6. The molecule has 0 spiro atoms. The van der Waals surface area contributed by atoms with Gasteiger partial charge in [0, 0.05) is 17.6 Å². The molecule has 13 heteroatoms. The quantitative estimate of drug-likeness (QED) is 0.159. The Balaban J connectivity index is 1.28. The van der Waals surface area contributed by atoms with Crippen LogP contribution in [-0.2, 0) is 17.7 Å². The predicted octanol–water partition coefficient (Wildman–Crippen LogP) is 2.50. The molecular formula is C26H25ClN4O8. The van der Waals surface area contributed by atoms with Gasteiger partial charge in [-0.2, -0.15) is 0 Å². The van der Waals surface area contributed by atoms with Crippen LogP contribution in [0.2, 0.25) is 5.02 Å². The molecule has 1 saturated heterocycles. The number of hydrogen-bond acceptors (Lipinski definition) is 11. The summed E-state index contributed by atoms with van der Waals surface area (Å²) in [7, 11) is 0. The predicted molar refractivity (Wildman–Crippen MR) is 139 cm³/mol. The van der Waals surface area contributed by atoms with E-state index in [2.05, 4.69) is 15.6 Å². The second-order valence-electron chi connectivity index (χ2n) is 9.30. The number of benzene rings is 3. The van der Waals surface area contributed by atoms with E-state index in [0.29, 0.717) is 29.2 Å².